The van der Waals surface area contributed by atoms with Crippen LogP contribution in [0.5, 0.6) is 0 Å². The van der Waals surface area contributed by atoms with E-state index in [2.05, 4.69) is 37.8 Å². The first-order valence-corrected chi connectivity index (χ1v) is 9.31. The topological polar surface area (TPSA) is 62.6 Å². The van der Waals surface area contributed by atoms with Crippen LogP contribution in [-0.2, 0) is 18.3 Å². The van der Waals surface area contributed by atoms with Gasteiger partial charge in [-0.2, -0.15) is 10.1 Å². The van der Waals surface area contributed by atoms with E-state index < -0.39 is 0 Å². The van der Waals surface area contributed by atoms with Gasteiger partial charge in [0.1, 0.15) is 5.82 Å². The molecule has 4 heterocycles. The Morgan fingerprint density at radius 1 is 1.04 bits per heavy atom. The van der Waals surface area contributed by atoms with Gasteiger partial charge in [0, 0.05) is 64.8 Å². The third-order valence-electron chi connectivity index (χ3n) is 5.17. The summed E-state index contributed by atoms with van der Waals surface area (Å²) < 4.78 is 7.37. The second-order valence-corrected chi connectivity index (χ2v) is 6.98. The summed E-state index contributed by atoms with van der Waals surface area (Å²) in [6, 6.07) is 4.16. The number of piperazine rings is 1. The molecule has 26 heavy (non-hydrogen) atoms. The van der Waals surface area contributed by atoms with Crippen molar-refractivity contribution in [3.8, 4) is 0 Å². The molecule has 0 aromatic carbocycles. The molecule has 2 aromatic rings. The van der Waals surface area contributed by atoms with Crippen molar-refractivity contribution in [2.24, 2.45) is 7.05 Å². The summed E-state index contributed by atoms with van der Waals surface area (Å²) in [7, 11) is 2.00. The second-order valence-electron chi connectivity index (χ2n) is 6.98. The van der Waals surface area contributed by atoms with E-state index in [1.54, 1.807) is 0 Å². The fraction of sp³-hybridized carbons (Fsp3) is 0.611. The molecule has 2 aliphatic rings. The molecule has 140 valence electrons. The van der Waals surface area contributed by atoms with Crippen molar-refractivity contribution in [1.29, 1.82) is 0 Å². The molecule has 0 radical (unpaired) electrons. The third-order valence-corrected chi connectivity index (χ3v) is 5.17. The molecule has 0 spiro atoms. The van der Waals surface area contributed by atoms with Crippen LogP contribution in [0.4, 0.5) is 11.8 Å². The lowest BCUT2D eigenvalue weighted by molar-refractivity contribution is 0.122. The molecule has 4 rings (SSSR count). The molecule has 0 bridgehead atoms. The van der Waals surface area contributed by atoms with Crippen molar-refractivity contribution < 1.29 is 4.74 Å². The van der Waals surface area contributed by atoms with Crippen LogP contribution >= 0.6 is 0 Å². The summed E-state index contributed by atoms with van der Waals surface area (Å²) in [6.45, 7) is 10.2. The molecule has 0 aliphatic carbocycles. The van der Waals surface area contributed by atoms with Gasteiger partial charge in [-0.05, 0) is 19.1 Å². The number of ether oxygens (including phenoxy) is 1. The first-order chi connectivity index (χ1) is 12.7. The predicted molar refractivity (Wildman–Crippen MR) is 100 cm³/mol. The quantitative estimate of drug-likeness (QED) is 0.797. The Morgan fingerprint density at radius 3 is 2.50 bits per heavy atom. The highest BCUT2D eigenvalue weighted by Gasteiger charge is 2.21. The van der Waals surface area contributed by atoms with E-state index in [1.165, 1.54) is 5.69 Å². The minimum Gasteiger partial charge on any atom is -0.378 e. The van der Waals surface area contributed by atoms with E-state index in [9.17, 15) is 0 Å². The Morgan fingerprint density at radius 2 is 1.81 bits per heavy atom. The van der Waals surface area contributed by atoms with E-state index in [1.807, 2.05) is 24.0 Å². The van der Waals surface area contributed by atoms with Gasteiger partial charge < -0.3 is 14.5 Å². The van der Waals surface area contributed by atoms with Gasteiger partial charge in [0.05, 0.1) is 18.9 Å². The van der Waals surface area contributed by atoms with Crippen LogP contribution in [0.3, 0.4) is 0 Å². The van der Waals surface area contributed by atoms with Gasteiger partial charge in [-0.1, -0.05) is 0 Å². The number of nitrogens with zero attached hydrogens (tertiary/aromatic N) is 7. The maximum Gasteiger partial charge on any atom is 0.227 e. The minimum atomic E-state index is 0.769. The Kier molecular flexibility index (Phi) is 5.03. The largest absolute Gasteiger partial charge is 0.378 e. The normalized spacial score (nSPS) is 19.2. The van der Waals surface area contributed by atoms with Crippen LogP contribution in [0.2, 0.25) is 0 Å². The first-order valence-electron chi connectivity index (χ1n) is 9.31. The lowest BCUT2D eigenvalue weighted by atomic mass is 10.3. The highest BCUT2D eigenvalue weighted by Crippen LogP contribution is 2.18. The lowest BCUT2D eigenvalue weighted by Gasteiger charge is -2.35. The number of aryl methyl sites for hydroxylation is 2. The van der Waals surface area contributed by atoms with E-state index in [0.29, 0.717) is 0 Å². The summed E-state index contributed by atoms with van der Waals surface area (Å²) in [5.41, 5.74) is 2.34. The lowest BCUT2D eigenvalue weighted by Crippen LogP contribution is -2.46. The van der Waals surface area contributed by atoms with Gasteiger partial charge >= 0.3 is 0 Å². The van der Waals surface area contributed by atoms with Crippen molar-refractivity contribution in [2.45, 2.75) is 13.5 Å². The van der Waals surface area contributed by atoms with Crippen LogP contribution in [-0.4, -0.2) is 77.1 Å². The third kappa shape index (κ3) is 3.81. The van der Waals surface area contributed by atoms with Crippen molar-refractivity contribution >= 4 is 11.8 Å². The number of hydrogen-bond donors (Lipinski definition) is 0. The monoisotopic (exact) mass is 357 g/mol. The SMILES string of the molecule is Cc1cc(CN2CCN(c3nccc(N4CCOCC4)n3)CC2)nn1C. The molecule has 2 fully saturated rings. The molecular formula is C18H27N7O. The van der Waals surface area contributed by atoms with E-state index in [4.69, 9.17) is 9.72 Å². The number of anilines is 2. The van der Waals surface area contributed by atoms with Crippen molar-refractivity contribution in [3.05, 3.63) is 29.7 Å². The molecule has 0 amide bonds. The molecule has 2 aromatic heterocycles. The van der Waals surface area contributed by atoms with Crippen LogP contribution < -0.4 is 9.80 Å². The molecular weight excluding hydrogens is 330 g/mol. The Bertz CT molecular complexity index is 713. The standard InChI is InChI=1S/C18H27N7O/c1-15-13-16(21-22(15)2)14-23-5-7-25(8-6-23)18-19-4-3-17(20-18)24-9-11-26-12-10-24/h3-4,13H,5-12,14H2,1-2H3. The summed E-state index contributed by atoms with van der Waals surface area (Å²) in [5, 5.41) is 4.57. The van der Waals surface area contributed by atoms with Gasteiger partial charge in [-0.3, -0.25) is 9.58 Å². The Labute approximate surface area is 154 Å². The number of morpholine rings is 1. The summed E-state index contributed by atoms with van der Waals surface area (Å²) in [4.78, 5) is 16.3. The average molecular weight is 357 g/mol. The molecule has 0 N–H and O–H groups in total. The number of aromatic nitrogens is 4. The summed E-state index contributed by atoms with van der Waals surface area (Å²) >= 11 is 0. The molecule has 8 nitrogen and oxygen atoms in total. The molecule has 2 saturated heterocycles. The molecule has 8 heteroatoms. The van der Waals surface area contributed by atoms with Gasteiger partial charge in [0.25, 0.3) is 0 Å². The zero-order valence-electron chi connectivity index (χ0n) is 15.6. The maximum atomic E-state index is 5.43. The van der Waals surface area contributed by atoms with Crippen molar-refractivity contribution in [3.63, 3.8) is 0 Å². The minimum absolute atomic E-state index is 0.769. The summed E-state index contributed by atoms with van der Waals surface area (Å²) in [5.74, 6) is 1.84. The Balaban J connectivity index is 1.35. The van der Waals surface area contributed by atoms with E-state index in [0.717, 1.165) is 76.5 Å². The highest BCUT2D eigenvalue weighted by atomic mass is 16.5. The van der Waals surface area contributed by atoms with Gasteiger partial charge in [-0.15, -0.1) is 0 Å². The van der Waals surface area contributed by atoms with Crippen LogP contribution in [0.1, 0.15) is 11.4 Å². The van der Waals surface area contributed by atoms with E-state index in [-0.39, 0.29) is 0 Å². The van der Waals surface area contributed by atoms with Crippen LogP contribution in [0.15, 0.2) is 18.3 Å². The molecule has 0 atom stereocenters. The average Bonchev–Trinajstić information content (AvgIpc) is 3.00. The fourth-order valence-electron chi connectivity index (χ4n) is 3.51. The predicted octanol–water partition coefficient (Wildman–Crippen LogP) is 0.677. The van der Waals surface area contributed by atoms with Crippen molar-refractivity contribution in [2.75, 3.05) is 62.3 Å². The van der Waals surface area contributed by atoms with Crippen LogP contribution in [0, 0.1) is 6.92 Å². The maximum absolute atomic E-state index is 5.43. The van der Waals surface area contributed by atoms with E-state index >= 15 is 0 Å². The zero-order valence-corrected chi connectivity index (χ0v) is 15.6. The van der Waals surface area contributed by atoms with Gasteiger partial charge in [0.2, 0.25) is 5.95 Å². The Hall–Kier alpha value is -2.19. The number of hydrogen-bond acceptors (Lipinski definition) is 7. The molecule has 0 saturated carbocycles. The smallest absolute Gasteiger partial charge is 0.227 e. The fourth-order valence-corrected chi connectivity index (χ4v) is 3.51. The summed E-state index contributed by atoms with van der Waals surface area (Å²) in [6.07, 6.45) is 1.87. The highest BCUT2D eigenvalue weighted by molar-refractivity contribution is 5.44. The van der Waals surface area contributed by atoms with Crippen LogP contribution in [0.25, 0.3) is 0 Å². The van der Waals surface area contributed by atoms with Crippen molar-refractivity contribution in [1.82, 2.24) is 24.6 Å². The molecule has 2 aliphatic heterocycles. The zero-order chi connectivity index (χ0) is 17.9. The van der Waals surface area contributed by atoms with Gasteiger partial charge in [0.15, 0.2) is 0 Å². The van der Waals surface area contributed by atoms with Gasteiger partial charge in [-0.25, -0.2) is 4.98 Å². The molecule has 0 unspecified atom stereocenters. The number of rotatable bonds is 4. The second kappa shape index (κ2) is 7.59. The first kappa shape index (κ1) is 17.2.